The summed E-state index contributed by atoms with van der Waals surface area (Å²) in [5, 5.41) is 5.78. The number of nitrogens with two attached hydrogens (primary N) is 1. The Morgan fingerprint density at radius 3 is 2.59 bits per heavy atom. The van der Waals surface area contributed by atoms with Crippen molar-refractivity contribution in [2.75, 3.05) is 23.8 Å². The average molecular weight is 395 g/mol. The number of hydrogen-bond acceptors (Lipinski definition) is 5. The van der Waals surface area contributed by atoms with Gasteiger partial charge in [-0.1, -0.05) is 18.6 Å². The van der Waals surface area contributed by atoms with Crippen molar-refractivity contribution in [3.63, 3.8) is 0 Å². The van der Waals surface area contributed by atoms with Crippen molar-refractivity contribution in [1.29, 1.82) is 0 Å². The molecule has 0 aromatic heterocycles. The van der Waals surface area contributed by atoms with E-state index in [2.05, 4.69) is 10.6 Å². The van der Waals surface area contributed by atoms with Crippen LogP contribution in [-0.2, 0) is 4.79 Å². The van der Waals surface area contributed by atoms with Crippen LogP contribution in [0.25, 0.3) is 0 Å². The second kappa shape index (κ2) is 8.53. The Bertz CT molecular complexity index is 915. The first-order valence-corrected chi connectivity index (χ1v) is 9.96. The first-order valence-electron chi connectivity index (χ1n) is 9.96. The number of anilines is 2. The number of hydrogen-bond donors (Lipinski definition) is 3. The minimum Gasteiger partial charge on any atom is -0.486 e. The molecule has 2 aromatic rings. The molecule has 1 saturated carbocycles. The third-order valence-electron chi connectivity index (χ3n) is 5.32. The molecule has 2 amide bonds. The lowest BCUT2D eigenvalue weighted by Gasteiger charge is -2.26. The molecule has 152 valence electrons. The van der Waals surface area contributed by atoms with Gasteiger partial charge in [-0.15, -0.1) is 0 Å². The molecule has 4 N–H and O–H groups in total. The molecule has 1 aliphatic heterocycles. The first kappa shape index (κ1) is 19.3. The average Bonchev–Trinajstić information content (AvgIpc) is 2.74. The molecule has 4 rings (SSSR count). The van der Waals surface area contributed by atoms with Gasteiger partial charge in [-0.25, -0.2) is 0 Å². The second-order valence-electron chi connectivity index (χ2n) is 7.47. The summed E-state index contributed by atoms with van der Waals surface area (Å²) in [7, 11) is 0. The van der Waals surface area contributed by atoms with Gasteiger partial charge in [0, 0.05) is 23.7 Å². The van der Waals surface area contributed by atoms with Crippen LogP contribution >= 0.6 is 0 Å². The molecule has 1 aliphatic carbocycles. The van der Waals surface area contributed by atoms with E-state index in [0.717, 1.165) is 19.3 Å². The van der Waals surface area contributed by atoms with Crippen molar-refractivity contribution in [2.24, 2.45) is 11.7 Å². The van der Waals surface area contributed by atoms with Crippen LogP contribution in [0.5, 0.6) is 11.5 Å². The molecule has 2 atom stereocenters. The molecule has 2 aromatic carbocycles. The van der Waals surface area contributed by atoms with Crippen LogP contribution in [0.2, 0.25) is 0 Å². The Kier molecular flexibility index (Phi) is 5.67. The van der Waals surface area contributed by atoms with Crippen molar-refractivity contribution in [3.8, 4) is 11.5 Å². The van der Waals surface area contributed by atoms with Crippen LogP contribution < -0.4 is 25.8 Å². The van der Waals surface area contributed by atoms with Gasteiger partial charge in [0.15, 0.2) is 11.5 Å². The highest BCUT2D eigenvalue weighted by molar-refractivity contribution is 6.10. The largest absolute Gasteiger partial charge is 0.486 e. The molecule has 0 saturated heterocycles. The lowest BCUT2D eigenvalue weighted by molar-refractivity contribution is -0.120. The molecule has 0 spiro atoms. The van der Waals surface area contributed by atoms with Crippen LogP contribution in [0.1, 0.15) is 36.0 Å². The number of rotatable bonds is 4. The van der Waals surface area contributed by atoms with Crippen molar-refractivity contribution in [2.45, 2.75) is 31.7 Å². The topological polar surface area (TPSA) is 103 Å². The molecule has 2 aliphatic rings. The van der Waals surface area contributed by atoms with Gasteiger partial charge < -0.3 is 25.8 Å². The molecule has 7 nitrogen and oxygen atoms in total. The van der Waals surface area contributed by atoms with Crippen molar-refractivity contribution >= 4 is 23.2 Å². The molecule has 1 fully saturated rings. The number of carbonyl (C=O) groups is 2. The van der Waals surface area contributed by atoms with Crippen molar-refractivity contribution in [3.05, 3.63) is 48.0 Å². The Morgan fingerprint density at radius 1 is 0.966 bits per heavy atom. The Balaban J connectivity index is 1.47. The van der Waals surface area contributed by atoms with E-state index in [1.807, 2.05) is 0 Å². The van der Waals surface area contributed by atoms with E-state index < -0.39 is 0 Å². The van der Waals surface area contributed by atoms with Gasteiger partial charge in [-0.05, 0) is 43.5 Å². The fraction of sp³-hybridized carbons (Fsp3) is 0.364. The minimum absolute atomic E-state index is 0.0632. The molecule has 29 heavy (non-hydrogen) atoms. The van der Waals surface area contributed by atoms with Crippen LogP contribution in [0.3, 0.4) is 0 Å². The summed E-state index contributed by atoms with van der Waals surface area (Å²) >= 11 is 0. The van der Waals surface area contributed by atoms with Crippen molar-refractivity contribution < 1.29 is 19.1 Å². The van der Waals surface area contributed by atoms with E-state index in [-0.39, 0.29) is 23.8 Å². The molecule has 7 heteroatoms. The Labute approximate surface area is 169 Å². The minimum atomic E-state index is -0.307. The number of ether oxygens (including phenoxy) is 2. The van der Waals surface area contributed by atoms with Crippen LogP contribution in [0.4, 0.5) is 11.4 Å². The summed E-state index contributed by atoms with van der Waals surface area (Å²) in [4.78, 5) is 25.5. The van der Waals surface area contributed by atoms with E-state index >= 15 is 0 Å². The maximum Gasteiger partial charge on any atom is 0.257 e. The number of carbonyl (C=O) groups excluding carboxylic acids is 2. The van der Waals surface area contributed by atoms with Gasteiger partial charge in [0.05, 0.1) is 11.3 Å². The summed E-state index contributed by atoms with van der Waals surface area (Å²) in [5.41, 5.74) is 7.49. The predicted molar refractivity (Wildman–Crippen MR) is 110 cm³/mol. The highest BCUT2D eigenvalue weighted by atomic mass is 16.6. The maximum atomic E-state index is 12.9. The number of para-hydroxylation sites is 1. The van der Waals surface area contributed by atoms with Gasteiger partial charge in [-0.3, -0.25) is 9.59 Å². The van der Waals surface area contributed by atoms with E-state index in [1.54, 1.807) is 42.5 Å². The zero-order valence-corrected chi connectivity index (χ0v) is 16.1. The Hall–Kier alpha value is -3.06. The number of fused-ring (bicyclic) bond motifs is 1. The summed E-state index contributed by atoms with van der Waals surface area (Å²) in [6.07, 6.45) is 3.41. The molecule has 1 heterocycles. The summed E-state index contributed by atoms with van der Waals surface area (Å²) in [5.74, 6) is 0.752. The standard InChI is InChI=1S/C22H25N3O4/c23-15-5-3-4-14(12-15)21(26)25-18-7-2-1-6-17(18)22(27)24-16-8-9-19-20(13-16)29-11-10-28-19/h1-2,6-9,13-15H,3-5,10-12,23H2,(H,24,27)(H,25,26). The first-order chi connectivity index (χ1) is 14.1. The van der Waals surface area contributed by atoms with Crippen LogP contribution in [-0.4, -0.2) is 31.1 Å². The highest BCUT2D eigenvalue weighted by Gasteiger charge is 2.26. The fourth-order valence-electron chi connectivity index (χ4n) is 3.81. The second-order valence-corrected chi connectivity index (χ2v) is 7.47. The highest BCUT2D eigenvalue weighted by Crippen LogP contribution is 2.33. The molecular formula is C22H25N3O4. The quantitative estimate of drug-likeness (QED) is 0.738. The zero-order chi connectivity index (χ0) is 20.2. The molecule has 2 unspecified atom stereocenters. The van der Waals surface area contributed by atoms with Crippen molar-refractivity contribution in [1.82, 2.24) is 0 Å². The van der Waals surface area contributed by atoms with E-state index in [1.165, 1.54) is 0 Å². The van der Waals surface area contributed by atoms with Gasteiger partial charge in [0.1, 0.15) is 13.2 Å². The third kappa shape index (κ3) is 4.51. The van der Waals surface area contributed by atoms with Gasteiger partial charge in [0.25, 0.3) is 5.91 Å². The lowest BCUT2D eigenvalue weighted by atomic mass is 9.85. The number of amides is 2. The number of benzene rings is 2. The molecule has 0 bridgehead atoms. The van der Waals surface area contributed by atoms with Gasteiger partial charge in [-0.2, -0.15) is 0 Å². The summed E-state index contributed by atoms with van der Waals surface area (Å²) in [6.45, 7) is 0.988. The Morgan fingerprint density at radius 2 is 1.76 bits per heavy atom. The van der Waals surface area contributed by atoms with E-state index in [0.29, 0.717) is 48.1 Å². The van der Waals surface area contributed by atoms with Gasteiger partial charge >= 0.3 is 0 Å². The molecule has 0 radical (unpaired) electrons. The van der Waals surface area contributed by atoms with E-state index in [4.69, 9.17) is 15.2 Å². The zero-order valence-electron chi connectivity index (χ0n) is 16.1. The maximum absolute atomic E-state index is 12.9. The fourth-order valence-corrected chi connectivity index (χ4v) is 3.81. The van der Waals surface area contributed by atoms with Crippen LogP contribution in [0.15, 0.2) is 42.5 Å². The smallest absolute Gasteiger partial charge is 0.257 e. The molecular weight excluding hydrogens is 370 g/mol. The lowest BCUT2D eigenvalue weighted by Crippen LogP contribution is -2.34. The number of nitrogens with one attached hydrogen (secondary N) is 2. The SMILES string of the molecule is NC1CCCC(C(=O)Nc2ccccc2C(=O)Nc2ccc3c(c2)OCCO3)C1. The summed E-state index contributed by atoms with van der Waals surface area (Å²) < 4.78 is 11.1. The third-order valence-corrected chi connectivity index (χ3v) is 5.32. The normalized spacial score (nSPS) is 20.6. The predicted octanol–water partition coefficient (Wildman–Crippen LogP) is 3.17. The van der Waals surface area contributed by atoms with Crippen LogP contribution in [0, 0.1) is 5.92 Å². The van der Waals surface area contributed by atoms with Gasteiger partial charge in [0.2, 0.25) is 5.91 Å². The van der Waals surface area contributed by atoms with E-state index in [9.17, 15) is 9.59 Å². The monoisotopic (exact) mass is 395 g/mol. The summed E-state index contributed by atoms with van der Waals surface area (Å²) in [6, 6.07) is 12.3.